The average Bonchev–Trinajstić information content (AvgIpc) is 2.75. The molecule has 0 radical (unpaired) electrons. The molecule has 0 bridgehead atoms. The molecule has 4 aromatic rings. The fourth-order valence-corrected chi connectivity index (χ4v) is 3.99. The second-order valence-corrected chi connectivity index (χ2v) is 8.60. The van der Waals surface area contributed by atoms with Crippen molar-refractivity contribution in [1.82, 2.24) is 9.97 Å². The number of nitrogens with zero attached hydrogens (tertiary/aromatic N) is 2. The van der Waals surface area contributed by atoms with Crippen LogP contribution in [0.2, 0.25) is 0 Å². The molecule has 8 heteroatoms. The van der Waals surface area contributed by atoms with E-state index < -0.39 is 10.0 Å². The van der Waals surface area contributed by atoms with Crippen LogP contribution in [0.15, 0.2) is 90.1 Å². The number of hydrogen-bond donors (Lipinski definition) is 2. The lowest BCUT2D eigenvalue weighted by Crippen LogP contribution is -2.12. The minimum Gasteiger partial charge on any atom is -0.340 e. The molecule has 0 unspecified atom stereocenters. The normalized spacial score (nSPS) is 11.2. The van der Waals surface area contributed by atoms with Crippen molar-refractivity contribution in [2.24, 2.45) is 0 Å². The maximum atomic E-state index is 13.5. The van der Waals surface area contributed by atoms with Crippen molar-refractivity contribution < 1.29 is 12.8 Å². The van der Waals surface area contributed by atoms with E-state index in [9.17, 15) is 12.8 Å². The van der Waals surface area contributed by atoms with E-state index in [1.54, 1.807) is 66.7 Å². The first-order valence-electron chi connectivity index (χ1n) is 9.44. The van der Waals surface area contributed by atoms with Crippen LogP contribution in [0.25, 0.3) is 11.3 Å². The summed E-state index contributed by atoms with van der Waals surface area (Å²) >= 11 is 0. The fourth-order valence-electron chi connectivity index (χ4n) is 2.93. The molecular weight excluding hydrogens is 415 g/mol. The number of rotatable bonds is 6. The van der Waals surface area contributed by atoms with E-state index in [0.717, 1.165) is 5.56 Å². The summed E-state index contributed by atoms with van der Waals surface area (Å²) < 4.78 is 41.1. The van der Waals surface area contributed by atoms with Crippen LogP contribution in [0, 0.1) is 12.7 Å². The number of hydrogen-bond acceptors (Lipinski definition) is 5. The van der Waals surface area contributed by atoms with Crippen LogP contribution < -0.4 is 10.0 Å². The number of nitrogens with one attached hydrogen (secondary N) is 2. The smallest absolute Gasteiger partial charge is 0.261 e. The zero-order chi connectivity index (χ0) is 21.8. The van der Waals surface area contributed by atoms with Crippen molar-refractivity contribution >= 4 is 27.2 Å². The molecule has 6 nitrogen and oxygen atoms in total. The van der Waals surface area contributed by atoms with Gasteiger partial charge in [0.25, 0.3) is 10.0 Å². The summed E-state index contributed by atoms with van der Waals surface area (Å²) in [5.74, 6) is 0.191. The van der Waals surface area contributed by atoms with E-state index in [1.807, 2.05) is 6.92 Å². The molecule has 0 aliphatic rings. The lowest BCUT2D eigenvalue weighted by molar-refractivity contribution is 0.601. The number of halogens is 1. The molecule has 1 aromatic heterocycles. The number of sulfonamides is 1. The number of anilines is 3. The molecule has 2 N–H and O–H groups in total. The molecule has 0 saturated heterocycles. The first-order valence-corrected chi connectivity index (χ1v) is 10.9. The quantitative estimate of drug-likeness (QED) is 0.439. The number of benzene rings is 3. The molecule has 0 aliphatic carbocycles. The first-order chi connectivity index (χ1) is 14.9. The van der Waals surface area contributed by atoms with E-state index in [-0.39, 0.29) is 10.7 Å². The molecular formula is C23H19FN4O2S. The van der Waals surface area contributed by atoms with E-state index in [4.69, 9.17) is 0 Å². The van der Waals surface area contributed by atoms with Gasteiger partial charge in [0.15, 0.2) is 0 Å². The molecule has 3 aromatic carbocycles. The lowest BCUT2D eigenvalue weighted by atomic mass is 10.1. The van der Waals surface area contributed by atoms with Gasteiger partial charge in [-0.05, 0) is 55.5 Å². The van der Waals surface area contributed by atoms with Gasteiger partial charge in [-0.1, -0.05) is 29.8 Å². The Labute approximate surface area is 179 Å². The largest absolute Gasteiger partial charge is 0.340 e. The van der Waals surface area contributed by atoms with Crippen LogP contribution in [0.1, 0.15) is 5.56 Å². The Morgan fingerprint density at radius 2 is 1.55 bits per heavy atom. The van der Waals surface area contributed by atoms with Crippen molar-refractivity contribution in [2.45, 2.75) is 11.8 Å². The van der Waals surface area contributed by atoms with E-state index in [2.05, 4.69) is 20.0 Å². The van der Waals surface area contributed by atoms with Gasteiger partial charge in [0, 0.05) is 23.0 Å². The van der Waals surface area contributed by atoms with Crippen molar-refractivity contribution in [1.29, 1.82) is 0 Å². The van der Waals surface area contributed by atoms with E-state index in [0.29, 0.717) is 28.5 Å². The summed E-state index contributed by atoms with van der Waals surface area (Å²) in [6.07, 6.45) is 1.40. The minimum atomic E-state index is -3.66. The number of aryl methyl sites for hydroxylation is 1. The van der Waals surface area contributed by atoms with Crippen LogP contribution in [-0.2, 0) is 10.0 Å². The topological polar surface area (TPSA) is 84.0 Å². The highest BCUT2D eigenvalue weighted by atomic mass is 32.2. The van der Waals surface area contributed by atoms with Crippen molar-refractivity contribution in [3.8, 4) is 11.3 Å². The van der Waals surface area contributed by atoms with Crippen LogP contribution >= 0.6 is 0 Å². The third-order valence-corrected chi connectivity index (χ3v) is 5.93. The zero-order valence-electron chi connectivity index (χ0n) is 16.6. The third kappa shape index (κ3) is 5.04. The summed E-state index contributed by atoms with van der Waals surface area (Å²) in [7, 11) is -3.66. The Balaban J connectivity index is 1.48. The van der Waals surface area contributed by atoms with Gasteiger partial charge in [-0.25, -0.2) is 22.8 Å². The van der Waals surface area contributed by atoms with Gasteiger partial charge >= 0.3 is 0 Å². The molecule has 0 amide bonds. The van der Waals surface area contributed by atoms with Crippen LogP contribution in [-0.4, -0.2) is 18.4 Å². The standard InChI is InChI=1S/C23H19FN4O2S/c1-16-5-11-21(12-6-16)31(29,30)28-20-9-7-19(8-10-20)27-23-14-22(25-15-26-23)17-3-2-4-18(24)13-17/h2-15,28H,1H3,(H,25,26,27). The van der Waals surface area contributed by atoms with Gasteiger partial charge in [-0.2, -0.15) is 0 Å². The van der Waals surface area contributed by atoms with Crippen molar-refractivity contribution in [3.05, 3.63) is 96.6 Å². The van der Waals surface area contributed by atoms with Gasteiger partial charge in [0.2, 0.25) is 0 Å². The van der Waals surface area contributed by atoms with Gasteiger partial charge in [-0.15, -0.1) is 0 Å². The monoisotopic (exact) mass is 434 g/mol. The fraction of sp³-hybridized carbons (Fsp3) is 0.0435. The molecule has 156 valence electrons. The summed E-state index contributed by atoms with van der Waals surface area (Å²) in [4.78, 5) is 8.57. The van der Waals surface area contributed by atoms with Crippen LogP contribution in [0.5, 0.6) is 0 Å². The Bertz CT molecular complexity index is 1310. The highest BCUT2D eigenvalue weighted by Gasteiger charge is 2.13. The Hall–Kier alpha value is -3.78. The first kappa shape index (κ1) is 20.5. The molecule has 0 fully saturated rings. The summed E-state index contributed by atoms with van der Waals surface area (Å²) in [5.41, 5.74) is 3.36. The summed E-state index contributed by atoms with van der Waals surface area (Å²) in [5, 5.41) is 3.13. The number of aromatic nitrogens is 2. The summed E-state index contributed by atoms with van der Waals surface area (Å²) in [6, 6.07) is 21.3. The van der Waals surface area contributed by atoms with E-state index in [1.165, 1.54) is 18.5 Å². The second kappa shape index (κ2) is 8.53. The van der Waals surface area contributed by atoms with Gasteiger partial charge in [-0.3, -0.25) is 4.72 Å². The molecule has 0 aliphatic heterocycles. The van der Waals surface area contributed by atoms with Crippen LogP contribution in [0.3, 0.4) is 0 Å². The second-order valence-electron chi connectivity index (χ2n) is 6.92. The molecule has 4 rings (SSSR count). The molecule has 31 heavy (non-hydrogen) atoms. The predicted octanol–water partition coefficient (Wildman–Crippen LogP) is 5.14. The van der Waals surface area contributed by atoms with Crippen molar-refractivity contribution in [2.75, 3.05) is 10.0 Å². The van der Waals surface area contributed by atoms with E-state index >= 15 is 0 Å². The van der Waals surface area contributed by atoms with Gasteiger partial charge < -0.3 is 5.32 Å². The van der Waals surface area contributed by atoms with Gasteiger partial charge in [0.05, 0.1) is 10.6 Å². The Morgan fingerprint density at radius 3 is 2.26 bits per heavy atom. The molecule has 0 spiro atoms. The highest BCUT2D eigenvalue weighted by Crippen LogP contribution is 2.23. The Kier molecular flexibility index (Phi) is 5.64. The molecule has 1 heterocycles. The third-order valence-electron chi connectivity index (χ3n) is 4.53. The summed E-state index contributed by atoms with van der Waals surface area (Å²) in [6.45, 7) is 1.90. The zero-order valence-corrected chi connectivity index (χ0v) is 17.4. The van der Waals surface area contributed by atoms with Crippen LogP contribution in [0.4, 0.5) is 21.6 Å². The SMILES string of the molecule is Cc1ccc(S(=O)(=O)Nc2ccc(Nc3cc(-c4cccc(F)c4)ncn3)cc2)cc1. The maximum absolute atomic E-state index is 13.5. The molecule has 0 atom stereocenters. The Morgan fingerprint density at radius 1 is 0.839 bits per heavy atom. The predicted molar refractivity (Wildman–Crippen MR) is 119 cm³/mol. The minimum absolute atomic E-state index is 0.200. The van der Waals surface area contributed by atoms with Crippen molar-refractivity contribution in [3.63, 3.8) is 0 Å². The molecule has 0 saturated carbocycles. The highest BCUT2D eigenvalue weighted by molar-refractivity contribution is 7.92. The average molecular weight is 434 g/mol. The lowest BCUT2D eigenvalue weighted by Gasteiger charge is -2.10. The van der Waals surface area contributed by atoms with Gasteiger partial charge in [0.1, 0.15) is 18.0 Å². The maximum Gasteiger partial charge on any atom is 0.261 e.